The predicted octanol–water partition coefficient (Wildman–Crippen LogP) is 4.42. The highest BCUT2D eigenvalue weighted by Crippen LogP contribution is 2.26. The van der Waals surface area contributed by atoms with E-state index in [1.165, 1.54) is 18.3 Å². The molecule has 0 bridgehead atoms. The molecule has 4 aromatic rings. The Kier molecular flexibility index (Phi) is 6.28. The van der Waals surface area contributed by atoms with Crippen LogP contribution in [0.3, 0.4) is 0 Å². The Morgan fingerprint density at radius 3 is 2.19 bits per heavy atom. The number of rotatable bonds is 8. The number of benzene rings is 3. The van der Waals surface area contributed by atoms with Crippen molar-refractivity contribution in [2.24, 2.45) is 0 Å². The summed E-state index contributed by atoms with van der Waals surface area (Å²) in [6.07, 6.45) is 2.49. The zero-order chi connectivity index (χ0) is 22.6. The first kappa shape index (κ1) is 21.6. The minimum absolute atomic E-state index is 0.0302. The van der Waals surface area contributed by atoms with Crippen LogP contribution in [0.5, 0.6) is 0 Å². The maximum Gasteiger partial charge on any atom is 0.284 e. The first-order valence-electron chi connectivity index (χ1n) is 10.3. The van der Waals surface area contributed by atoms with E-state index in [4.69, 9.17) is 0 Å². The number of carbonyl (C=O) groups is 1. The second-order valence-electron chi connectivity index (χ2n) is 7.65. The molecule has 4 rings (SSSR count). The van der Waals surface area contributed by atoms with Gasteiger partial charge >= 0.3 is 0 Å². The summed E-state index contributed by atoms with van der Waals surface area (Å²) in [5, 5.41) is 7.67. The molecular weight excluding hydrogens is 422 g/mol. The molecule has 0 saturated carbocycles. The Balaban J connectivity index is 1.61. The quantitative estimate of drug-likeness (QED) is 0.375. The van der Waals surface area contributed by atoms with Gasteiger partial charge in [-0.3, -0.25) is 4.79 Å². The Morgan fingerprint density at radius 2 is 1.53 bits per heavy atom. The van der Waals surface area contributed by atoms with Crippen molar-refractivity contribution >= 4 is 15.8 Å². The molecule has 7 heteroatoms. The zero-order valence-electron chi connectivity index (χ0n) is 17.6. The Labute approximate surface area is 187 Å². The minimum Gasteiger partial charge on any atom is -0.292 e. The molecule has 32 heavy (non-hydrogen) atoms. The summed E-state index contributed by atoms with van der Waals surface area (Å²) in [5.41, 5.74) is 2.97. The number of aromatic nitrogens is 3. The standard InChI is InChI=1S/C25H23N3O3S/c1-19-12-15-22(16-13-19)32(30,31)28-18-24(26-27-28)25(29)23(21-10-6-3-7-11-21)17-14-20-8-4-2-5-9-20/h2-13,15-16,18,23H,14,17H2,1H3. The van der Waals surface area contributed by atoms with E-state index >= 15 is 0 Å². The van der Waals surface area contributed by atoms with Crippen molar-refractivity contribution in [3.05, 3.63) is 114 Å². The van der Waals surface area contributed by atoms with Crippen LogP contribution in [-0.2, 0) is 16.4 Å². The van der Waals surface area contributed by atoms with Crippen LogP contribution in [0.4, 0.5) is 0 Å². The van der Waals surface area contributed by atoms with E-state index in [1.54, 1.807) is 12.1 Å². The van der Waals surface area contributed by atoms with Gasteiger partial charge in [0.1, 0.15) is 0 Å². The first-order valence-corrected chi connectivity index (χ1v) is 11.8. The van der Waals surface area contributed by atoms with E-state index in [-0.39, 0.29) is 16.4 Å². The van der Waals surface area contributed by atoms with Crippen LogP contribution in [0, 0.1) is 6.92 Å². The van der Waals surface area contributed by atoms with Gasteiger partial charge in [-0.25, -0.2) is 0 Å². The summed E-state index contributed by atoms with van der Waals surface area (Å²) in [5.74, 6) is -0.707. The van der Waals surface area contributed by atoms with Crippen LogP contribution in [0.15, 0.2) is 96.0 Å². The SMILES string of the molecule is Cc1ccc(S(=O)(=O)n2cc(C(=O)C(CCc3ccccc3)c3ccccc3)nn2)cc1. The lowest BCUT2D eigenvalue weighted by atomic mass is 9.88. The molecule has 0 fully saturated rings. The van der Waals surface area contributed by atoms with E-state index < -0.39 is 15.9 Å². The molecule has 0 spiro atoms. The fraction of sp³-hybridized carbons (Fsp3) is 0.160. The molecule has 1 unspecified atom stereocenters. The van der Waals surface area contributed by atoms with E-state index in [2.05, 4.69) is 10.3 Å². The first-order chi connectivity index (χ1) is 15.4. The Hall–Kier alpha value is -3.58. The van der Waals surface area contributed by atoms with Crippen molar-refractivity contribution in [2.75, 3.05) is 0 Å². The van der Waals surface area contributed by atoms with Crippen LogP contribution in [0.2, 0.25) is 0 Å². The molecule has 0 aliphatic carbocycles. The highest BCUT2D eigenvalue weighted by atomic mass is 32.2. The van der Waals surface area contributed by atoms with Crippen molar-refractivity contribution < 1.29 is 13.2 Å². The van der Waals surface area contributed by atoms with Crippen molar-refractivity contribution in [3.63, 3.8) is 0 Å². The third kappa shape index (κ3) is 4.68. The molecule has 1 atom stereocenters. The van der Waals surface area contributed by atoms with Crippen LogP contribution in [0.1, 0.15) is 39.5 Å². The van der Waals surface area contributed by atoms with E-state index in [1.807, 2.05) is 67.6 Å². The lowest BCUT2D eigenvalue weighted by molar-refractivity contribution is 0.0950. The fourth-order valence-electron chi connectivity index (χ4n) is 3.57. The third-order valence-corrected chi connectivity index (χ3v) is 6.91. The smallest absolute Gasteiger partial charge is 0.284 e. The van der Waals surface area contributed by atoms with Crippen LogP contribution >= 0.6 is 0 Å². The molecule has 0 aliphatic rings. The van der Waals surface area contributed by atoms with Crippen LogP contribution in [-0.4, -0.2) is 28.6 Å². The van der Waals surface area contributed by atoms with Gasteiger partial charge in [-0.1, -0.05) is 83.6 Å². The summed E-state index contributed by atoms with van der Waals surface area (Å²) in [6, 6.07) is 25.9. The number of ketones is 1. The van der Waals surface area contributed by atoms with Crippen molar-refractivity contribution in [1.82, 2.24) is 14.4 Å². The molecule has 6 nitrogen and oxygen atoms in total. The average Bonchev–Trinajstić information content (AvgIpc) is 3.32. The summed E-state index contributed by atoms with van der Waals surface area (Å²) >= 11 is 0. The van der Waals surface area contributed by atoms with Crippen molar-refractivity contribution in [3.8, 4) is 0 Å². The summed E-state index contributed by atoms with van der Waals surface area (Å²) in [4.78, 5) is 13.5. The van der Waals surface area contributed by atoms with E-state index in [9.17, 15) is 13.2 Å². The highest BCUT2D eigenvalue weighted by molar-refractivity contribution is 7.89. The monoisotopic (exact) mass is 445 g/mol. The topological polar surface area (TPSA) is 81.9 Å². The number of aryl methyl sites for hydroxylation is 2. The second kappa shape index (κ2) is 9.28. The van der Waals surface area contributed by atoms with Gasteiger partial charge in [0.2, 0.25) is 0 Å². The van der Waals surface area contributed by atoms with Crippen LogP contribution < -0.4 is 0 Å². The largest absolute Gasteiger partial charge is 0.292 e. The number of Topliss-reactive ketones (excluding diaryl/α,β-unsaturated/α-hetero) is 1. The summed E-state index contributed by atoms with van der Waals surface area (Å²) in [7, 11) is -3.92. The molecule has 3 aromatic carbocycles. The number of carbonyl (C=O) groups excluding carboxylic acids is 1. The Bertz CT molecular complexity index is 1300. The van der Waals surface area contributed by atoms with Crippen molar-refractivity contribution in [1.29, 1.82) is 0 Å². The van der Waals surface area contributed by atoms with E-state index in [0.29, 0.717) is 12.8 Å². The summed E-state index contributed by atoms with van der Waals surface area (Å²) in [6.45, 7) is 1.88. The lowest BCUT2D eigenvalue weighted by Crippen LogP contribution is -2.15. The molecule has 1 heterocycles. The highest BCUT2D eigenvalue weighted by Gasteiger charge is 2.27. The van der Waals surface area contributed by atoms with E-state index in [0.717, 1.165) is 20.8 Å². The molecule has 0 aliphatic heterocycles. The van der Waals surface area contributed by atoms with Gasteiger partial charge in [0.25, 0.3) is 10.0 Å². The molecule has 162 valence electrons. The lowest BCUT2D eigenvalue weighted by Gasteiger charge is -2.15. The van der Waals surface area contributed by atoms with Gasteiger partial charge in [0.15, 0.2) is 11.5 Å². The van der Waals surface area contributed by atoms with Gasteiger partial charge in [-0.15, -0.1) is 9.19 Å². The molecule has 0 N–H and O–H groups in total. The molecule has 1 aromatic heterocycles. The zero-order valence-corrected chi connectivity index (χ0v) is 18.4. The molecule has 0 radical (unpaired) electrons. The van der Waals surface area contributed by atoms with Gasteiger partial charge in [0, 0.05) is 5.92 Å². The second-order valence-corrected chi connectivity index (χ2v) is 9.44. The average molecular weight is 446 g/mol. The van der Waals surface area contributed by atoms with Crippen molar-refractivity contribution in [2.45, 2.75) is 30.6 Å². The number of hydrogen-bond acceptors (Lipinski definition) is 5. The van der Waals surface area contributed by atoms with Gasteiger partial charge in [-0.2, -0.15) is 8.42 Å². The molecule has 0 saturated heterocycles. The van der Waals surface area contributed by atoms with Gasteiger partial charge in [0.05, 0.1) is 11.1 Å². The number of hydrogen-bond donors (Lipinski definition) is 0. The Morgan fingerprint density at radius 1 is 0.906 bits per heavy atom. The third-order valence-electron chi connectivity index (χ3n) is 5.37. The summed E-state index contributed by atoms with van der Waals surface area (Å²) < 4.78 is 26.5. The molecular formula is C25H23N3O3S. The maximum atomic E-state index is 13.4. The minimum atomic E-state index is -3.92. The van der Waals surface area contributed by atoms with Gasteiger partial charge in [-0.05, 0) is 43.0 Å². The predicted molar refractivity (Wildman–Crippen MR) is 122 cm³/mol. The molecule has 0 amide bonds. The maximum absolute atomic E-state index is 13.4. The fourth-order valence-corrected chi connectivity index (χ4v) is 4.63. The normalized spacial score (nSPS) is 12.4. The number of nitrogens with zero attached hydrogens (tertiary/aromatic N) is 3. The van der Waals surface area contributed by atoms with Gasteiger partial charge < -0.3 is 0 Å². The van der Waals surface area contributed by atoms with Crippen LogP contribution in [0.25, 0.3) is 0 Å².